The second-order valence-corrected chi connectivity index (χ2v) is 10.8. The quantitative estimate of drug-likeness (QED) is 0.120. The Morgan fingerprint density at radius 3 is 2.25 bits per heavy atom. The van der Waals surface area contributed by atoms with Crippen LogP contribution in [0.1, 0.15) is 23.0 Å². The molecule has 1 aliphatic rings. The number of nitrogens with zero attached hydrogens (tertiary/aromatic N) is 2. The lowest BCUT2D eigenvalue weighted by molar-refractivity contribution is -0.114. The molecule has 4 rings (SSSR count). The highest BCUT2D eigenvalue weighted by atomic mass is 16.6. The predicted octanol–water partition coefficient (Wildman–Crippen LogP) is 3.50. The van der Waals surface area contributed by atoms with Crippen LogP contribution in [0.4, 0.5) is 17.2 Å². The summed E-state index contributed by atoms with van der Waals surface area (Å²) in [5.74, 6) is 0.989. The fourth-order valence-corrected chi connectivity index (χ4v) is 4.98. The maximum Gasteiger partial charge on any atom is 0.273 e. The molecule has 3 aromatic rings. The fourth-order valence-electron chi connectivity index (χ4n) is 4.98. The predicted molar refractivity (Wildman–Crippen MR) is 183 cm³/mol. The third-order valence-corrected chi connectivity index (χ3v) is 7.35. The monoisotopic (exact) mass is 663 g/mol. The summed E-state index contributed by atoms with van der Waals surface area (Å²) in [7, 11) is 1.81. The average molecular weight is 664 g/mol. The third-order valence-electron chi connectivity index (χ3n) is 7.35. The first-order valence-electron chi connectivity index (χ1n) is 16.1. The average Bonchev–Trinajstić information content (AvgIpc) is 3.11. The van der Waals surface area contributed by atoms with Crippen molar-refractivity contribution >= 4 is 35.3 Å². The molecule has 1 aromatic heterocycles. The maximum atomic E-state index is 13.6. The lowest BCUT2D eigenvalue weighted by atomic mass is 9.98. The molecule has 0 radical (unpaired) electrons. The Morgan fingerprint density at radius 1 is 0.896 bits per heavy atom. The molecule has 0 unspecified atom stereocenters. The SMILES string of the molecule is CNc1ccc(-c2ccc(NCCOCCOCCOCCOc3ccc(NC(C)=O)cc3)nc2C(=O)N2CCOCC2)cc1CC=O. The largest absolute Gasteiger partial charge is 0.491 e. The zero-order valence-corrected chi connectivity index (χ0v) is 27.6. The zero-order chi connectivity index (χ0) is 34.0. The number of aldehydes is 1. The molecular weight excluding hydrogens is 618 g/mol. The molecule has 0 bridgehead atoms. The third kappa shape index (κ3) is 11.6. The summed E-state index contributed by atoms with van der Waals surface area (Å²) in [6, 6.07) is 16.6. The highest BCUT2D eigenvalue weighted by molar-refractivity contribution is 5.99. The smallest absolute Gasteiger partial charge is 0.273 e. The zero-order valence-electron chi connectivity index (χ0n) is 27.6. The molecule has 0 spiro atoms. The van der Waals surface area contributed by atoms with E-state index < -0.39 is 0 Å². The molecule has 258 valence electrons. The number of benzene rings is 2. The van der Waals surface area contributed by atoms with Crippen molar-refractivity contribution in [3.63, 3.8) is 0 Å². The second kappa shape index (κ2) is 20.0. The van der Waals surface area contributed by atoms with Crippen molar-refractivity contribution in [2.45, 2.75) is 13.3 Å². The highest BCUT2D eigenvalue weighted by Crippen LogP contribution is 2.29. The second-order valence-electron chi connectivity index (χ2n) is 10.8. The lowest BCUT2D eigenvalue weighted by Crippen LogP contribution is -2.41. The van der Waals surface area contributed by atoms with Gasteiger partial charge in [0.1, 0.15) is 30.2 Å². The number of aromatic nitrogens is 1. The van der Waals surface area contributed by atoms with Crippen molar-refractivity contribution in [3.05, 3.63) is 65.9 Å². The van der Waals surface area contributed by atoms with Gasteiger partial charge in [-0.1, -0.05) is 6.07 Å². The summed E-state index contributed by atoms with van der Waals surface area (Å²) < 4.78 is 27.9. The van der Waals surface area contributed by atoms with Crippen LogP contribution in [-0.4, -0.2) is 114 Å². The molecule has 2 aromatic carbocycles. The van der Waals surface area contributed by atoms with Gasteiger partial charge in [-0.3, -0.25) is 9.59 Å². The number of amides is 2. The van der Waals surface area contributed by atoms with E-state index in [4.69, 9.17) is 28.7 Å². The summed E-state index contributed by atoms with van der Waals surface area (Å²) in [5, 5.41) is 9.07. The van der Waals surface area contributed by atoms with Gasteiger partial charge < -0.3 is 49.3 Å². The van der Waals surface area contributed by atoms with Crippen LogP contribution in [-0.2, 0) is 35.0 Å². The van der Waals surface area contributed by atoms with Crippen LogP contribution in [0.25, 0.3) is 11.1 Å². The molecule has 1 saturated heterocycles. The summed E-state index contributed by atoms with van der Waals surface area (Å²) in [6.07, 6.45) is 1.13. The van der Waals surface area contributed by atoms with Crippen LogP contribution in [0, 0.1) is 0 Å². The normalized spacial score (nSPS) is 12.8. The van der Waals surface area contributed by atoms with E-state index in [1.54, 1.807) is 29.2 Å². The standard InChI is InChI=1S/C35H45N5O8/c1-26(42)38-29-4-6-30(7-5-29)48-24-23-47-22-21-46-20-19-44-16-12-37-33-10-8-31(27-3-9-32(36-2)28(25-27)11-15-41)34(39-33)35(43)40-13-17-45-18-14-40/h3-10,15,25,36H,11-14,16-24H2,1-2H3,(H,37,39)(H,38,42). The molecule has 0 atom stereocenters. The fraction of sp³-hybridized carbons (Fsp3) is 0.429. The van der Waals surface area contributed by atoms with Crippen molar-refractivity contribution in [1.82, 2.24) is 9.88 Å². The van der Waals surface area contributed by atoms with E-state index in [1.165, 1.54) is 6.92 Å². The lowest BCUT2D eigenvalue weighted by Gasteiger charge is -2.27. The van der Waals surface area contributed by atoms with Gasteiger partial charge in [-0.15, -0.1) is 0 Å². The molecule has 3 N–H and O–H groups in total. The number of pyridine rings is 1. The Balaban J connectivity index is 1.16. The van der Waals surface area contributed by atoms with Gasteiger partial charge in [-0.2, -0.15) is 0 Å². The first-order valence-corrected chi connectivity index (χ1v) is 16.1. The minimum absolute atomic E-state index is 0.118. The molecule has 0 aliphatic carbocycles. The summed E-state index contributed by atoms with van der Waals surface area (Å²) in [4.78, 5) is 42.4. The van der Waals surface area contributed by atoms with Gasteiger partial charge in [0.25, 0.3) is 5.91 Å². The minimum Gasteiger partial charge on any atom is -0.491 e. The minimum atomic E-state index is -0.161. The number of carbonyl (C=O) groups excluding carboxylic acids is 3. The molecule has 2 heterocycles. The molecule has 1 fully saturated rings. The van der Waals surface area contributed by atoms with E-state index in [-0.39, 0.29) is 18.2 Å². The van der Waals surface area contributed by atoms with E-state index >= 15 is 0 Å². The molecule has 0 saturated carbocycles. The van der Waals surface area contributed by atoms with Gasteiger partial charge >= 0.3 is 0 Å². The van der Waals surface area contributed by atoms with Crippen LogP contribution in [0.3, 0.4) is 0 Å². The van der Waals surface area contributed by atoms with Crippen molar-refractivity contribution in [3.8, 4) is 16.9 Å². The molecule has 13 heteroatoms. The van der Waals surface area contributed by atoms with Crippen LogP contribution >= 0.6 is 0 Å². The Bertz CT molecular complexity index is 1460. The highest BCUT2D eigenvalue weighted by Gasteiger charge is 2.24. The summed E-state index contributed by atoms with van der Waals surface area (Å²) in [5.41, 5.74) is 4.29. The Kier molecular flexibility index (Phi) is 15.1. The number of nitrogens with one attached hydrogen (secondary N) is 3. The number of anilines is 3. The van der Waals surface area contributed by atoms with Crippen LogP contribution in [0.15, 0.2) is 54.6 Å². The Labute approximate surface area is 281 Å². The van der Waals surface area contributed by atoms with Gasteiger partial charge in [-0.05, 0) is 59.7 Å². The summed E-state index contributed by atoms with van der Waals surface area (Å²) in [6.45, 7) is 6.95. The molecule has 13 nitrogen and oxygen atoms in total. The van der Waals surface area contributed by atoms with E-state index in [0.29, 0.717) is 102 Å². The van der Waals surface area contributed by atoms with Gasteiger partial charge in [0.05, 0.1) is 52.9 Å². The molecule has 2 amide bonds. The number of morpholine rings is 1. The van der Waals surface area contributed by atoms with Crippen molar-refractivity contribution in [1.29, 1.82) is 0 Å². The summed E-state index contributed by atoms with van der Waals surface area (Å²) >= 11 is 0. The van der Waals surface area contributed by atoms with Crippen LogP contribution < -0.4 is 20.7 Å². The number of ether oxygens (including phenoxy) is 5. The number of hydrogen-bond acceptors (Lipinski definition) is 11. The first-order chi connectivity index (χ1) is 23.5. The van der Waals surface area contributed by atoms with E-state index in [1.807, 2.05) is 37.4 Å². The van der Waals surface area contributed by atoms with Crippen molar-refractivity contribution < 1.29 is 38.1 Å². The number of hydrogen-bond donors (Lipinski definition) is 3. The van der Waals surface area contributed by atoms with E-state index in [0.717, 1.165) is 28.8 Å². The van der Waals surface area contributed by atoms with E-state index in [9.17, 15) is 14.4 Å². The van der Waals surface area contributed by atoms with E-state index in [2.05, 4.69) is 16.0 Å². The molecule has 48 heavy (non-hydrogen) atoms. The maximum absolute atomic E-state index is 13.6. The Morgan fingerprint density at radius 2 is 1.58 bits per heavy atom. The van der Waals surface area contributed by atoms with Gasteiger partial charge in [0.2, 0.25) is 5.91 Å². The van der Waals surface area contributed by atoms with Gasteiger partial charge in [0.15, 0.2) is 0 Å². The molecular formula is C35H45N5O8. The molecule has 1 aliphatic heterocycles. The first kappa shape index (κ1) is 36.3. The van der Waals surface area contributed by atoms with Gasteiger partial charge in [-0.25, -0.2) is 4.98 Å². The number of rotatable bonds is 20. The van der Waals surface area contributed by atoms with Crippen molar-refractivity contribution in [2.75, 3.05) is 102 Å². The van der Waals surface area contributed by atoms with Gasteiger partial charge in [0, 0.05) is 57.0 Å². The topological polar surface area (TPSA) is 150 Å². The number of carbonyl (C=O) groups is 3. The van der Waals surface area contributed by atoms with Crippen molar-refractivity contribution in [2.24, 2.45) is 0 Å². The Hall–Kier alpha value is -4.56. The van der Waals surface area contributed by atoms with Crippen LogP contribution in [0.5, 0.6) is 5.75 Å². The van der Waals surface area contributed by atoms with Crippen LogP contribution in [0.2, 0.25) is 0 Å².